The minimum Gasteiger partial charge on any atom is -0.399 e. The van der Waals surface area contributed by atoms with Crippen molar-refractivity contribution in [3.8, 4) is 0 Å². The van der Waals surface area contributed by atoms with Crippen LogP contribution in [0.2, 0.25) is 0 Å². The molecule has 3 heteroatoms. The lowest BCUT2D eigenvalue weighted by atomic mass is 10.0. The lowest BCUT2D eigenvalue weighted by Crippen LogP contribution is -2.29. The molecule has 0 aliphatic carbocycles. The van der Waals surface area contributed by atoms with Gasteiger partial charge >= 0.3 is 0 Å². The van der Waals surface area contributed by atoms with E-state index in [4.69, 9.17) is 5.73 Å². The number of hydrogen-bond donors (Lipinski definition) is 1. The third-order valence-corrected chi connectivity index (χ3v) is 3.76. The number of anilines is 1. The van der Waals surface area contributed by atoms with Crippen LogP contribution in [0.25, 0.3) is 0 Å². The fraction of sp³-hybridized carbons (Fsp3) is 0.500. The molecule has 3 nitrogen and oxygen atoms in total. The number of carbonyl (C=O) groups is 1. The van der Waals surface area contributed by atoms with E-state index >= 15 is 0 Å². The highest BCUT2D eigenvalue weighted by atomic mass is 16.2. The summed E-state index contributed by atoms with van der Waals surface area (Å²) in [5.41, 5.74) is 8.15. The molecule has 17 heavy (non-hydrogen) atoms. The Bertz CT molecular complexity index is 432. The lowest BCUT2D eigenvalue weighted by molar-refractivity contribution is 0.0784. The maximum Gasteiger partial charge on any atom is 0.254 e. The number of nitrogen functional groups attached to an aromatic ring is 1. The van der Waals surface area contributed by atoms with Crippen LogP contribution in [0.15, 0.2) is 18.2 Å². The number of benzene rings is 1. The number of likely N-dealkylation sites (tertiary alicyclic amines) is 1. The fourth-order valence-corrected chi connectivity index (χ4v) is 2.39. The second-order valence-electron chi connectivity index (χ2n) is 5.24. The van der Waals surface area contributed by atoms with E-state index in [9.17, 15) is 4.79 Å². The summed E-state index contributed by atoms with van der Waals surface area (Å²) in [5.74, 6) is 1.32. The first kappa shape index (κ1) is 12.0. The average molecular weight is 232 g/mol. The van der Waals surface area contributed by atoms with Gasteiger partial charge in [-0.1, -0.05) is 13.8 Å². The smallest absolute Gasteiger partial charge is 0.254 e. The van der Waals surface area contributed by atoms with Crippen molar-refractivity contribution in [2.45, 2.75) is 20.8 Å². The zero-order valence-corrected chi connectivity index (χ0v) is 10.7. The van der Waals surface area contributed by atoms with Crippen molar-refractivity contribution in [1.82, 2.24) is 4.90 Å². The molecule has 0 saturated carbocycles. The van der Waals surface area contributed by atoms with Gasteiger partial charge in [0.1, 0.15) is 0 Å². The fourth-order valence-electron chi connectivity index (χ4n) is 2.39. The SMILES string of the molecule is Cc1cc(N)ccc1C(=O)N1CC(C)C(C)C1. The number of rotatable bonds is 1. The number of nitrogens with two attached hydrogens (primary N) is 1. The Labute approximate surface area is 103 Å². The molecule has 2 rings (SSSR count). The molecule has 2 atom stereocenters. The van der Waals surface area contributed by atoms with E-state index in [1.54, 1.807) is 6.07 Å². The Hall–Kier alpha value is -1.51. The van der Waals surface area contributed by atoms with Crippen molar-refractivity contribution in [2.24, 2.45) is 11.8 Å². The summed E-state index contributed by atoms with van der Waals surface area (Å²) in [6.45, 7) is 8.07. The van der Waals surface area contributed by atoms with Crippen LogP contribution in [0.1, 0.15) is 29.8 Å². The maximum atomic E-state index is 12.4. The van der Waals surface area contributed by atoms with E-state index < -0.39 is 0 Å². The molecular weight excluding hydrogens is 212 g/mol. The molecule has 92 valence electrons. The first-order valence-corrected chi connectivity index (χ1v) is 6.14. The monoisotopic (exact) mass is 232 g/mol. The second-order valence-corrected chi connectivity index (χ2v) is 5.24. The van der Waals surface area contributed by atoms with E-state index in [1.165, 1.54) is 0 Å². The van der Waals surface area contributed by atoms with Crippen molar-refractivity contribution in [2.75, 3.05) is 18.8 Å². The van der Waals surface area contributed by atoms with Crippen molar-refractivity contribution in [3.05, 3.63) is 29.3 Å². The predicted molar refractivity (Wildman–Crippen MR) is 69.8 cm³/mol. The van der Waals surface area contributed by atoms with Gasteiger partial charge in [-0.05, 0) is 42.5 Å². The van der Waals surface area contributed by atoms with Crippen LogP contribution in [-0.2, 0) is 0 Å². The van der Waals surface area contributed by atoms with Crippen LogP contribution in [0.3, 0.4) is 0 Å². The van der Waals surface area contributed by atoms with Gasteiger partial charge in [-0.15, -0.1) is 0 Å². The maximum absolute atomic E-state index is 12.4. The Morgan fingerprint density at radius 3 is 2.41 bits per heavy atom. The summed E-state index contributed by atoms with van der Waals surface area (Å²) in [6, 6.07) is 5.49. The van der Waals surface area contributed by atoms with Gasteiger partial charge in [0.25, 0.3) is 5.91 Å². The van der Waals surface area contributed by atoms with Gasteiger partial charge in [0.15, 0.2) is 0 Å². The van der Waals surface area contributed by atoms with Crippen LogP contribution in [0, 0.1) is 18.8 Å². The summed E-state index contributed by atoms with van der Waals surface area (Å²) < 4.78 is 0. The highest BCUT2D eigenvalue weighted by Crippen LogP contribution is 2.25. The van der Waals surface area contributed by atoms with E-state index in [0.717, 1.165) is 24.2 Å². The normalized spacial score (nSPS) is 24.1. The van der Waals surface area contributed by atoms with Gasteiger partial charge in [-0.3, -0.25) is 4.79 Å². The summed E-state index contributed by atoms with van der Waals surface area (Å²) in [6.07, 6.45) is 0. The molecular formula is C14H20N2O. The van der Waals surface area contributed by atoms with Crippen LogP contribution in [-0.4, -0.2) is 23.9 Å². The number of aryl methyl sites for hydroxylation is 1. The lowest BCUT2D eigenvalue weighted by Gasteiger charge is -2.17. The molecule has 1 aliphatic rings. The molecule has 0 aromatic heterocycles. The second kappa shape index (κ2) is 4.40. The average Bonchev–Trinajstić information content (AvgIpc) is 2.58. The molecule has 0 spiro atoms. The summed E-state index contributed by atoms with van der Waals surface area (Å²) in [4.78, 5) is 14.3. The van der Waals surface area contributed by atoms with Crippen molar-refractivity contribution in [1.29, 1.82) is 0 Å². The number of amides is 1. The molecule has 1 aliphatic heterocycles. The molecule has 0 radical (unpaired) electrons. The van der Waals surface area contributed by atoms with Gasteiger partial charge in [-0.2, -0.15) is 0 Å². The Morgan fingerprint density at radius 1 is 1.29 bits per heavy atom. The molecule has 2 unspecified atom stereocenters. The van der Waals surface area contributed by atoms with Crippen LogP contribution >= 0.6 is 0 Å². The van der Waals surface area contributed by atoms with Crippen LogP contribution < -0.4 is 5.73 Å². The van der Waals surface area contributed by atoms with Gasteiger partial charge < -0.3 is 10.6 Å². The Morgan fingerprint density at radius 2 is 1.88 bits per heavy atom. The van der Waals surface area contributed by atoms with Gasteiger partial charge in [0, 0.05) is 24.3 Å². The van der Waals surface area contributed by atoms with E-state index in [1.807, 2.05) is 24.0 Å². The largest absolute Gasteiger partial charge is 0.399 e. The molecule has 1 amide bonds. The van der Waals surface area contributed by atoms with E-state index in [-0.39, 0.29) is 5.91 Å². The van der Waals surface area contributed by atoms with Crippen molar-refractivity contribution in [3.63, 3.8) is 0 Å². The predicted octanol–water partition coefficient (Wildman–Crippen LogP) is 2.31. The Kier molecular flexibility index (Phi) is 3.09. The first-order chi connectivity index (χ1) is 7.99. The summed E-state index contributed by atoms with van der Waals surface area (Å²) in [7, 11) is 0. The van der Waals surface area contributed by atoms with Gasteiger partial charge in [-0.25, -0.2) is 0 Å². The minimum atomic E-state index is 0.138. The van der Waals surface area contributed by atoms with E-state index in [2.05, 4.69) is 13.8 Å². The van der Waals surface area contributed by atoms with Crippen LogP contribution in [0.5, 0.6) is 0 Å². The molecule has 1 aromatic carbocycles. The molecule has 1 saturated heterocycles. The number of carbonyl (C=O) groups excluding carboxylic acids is 1. The number of hydrogen-bond acceptors (Lipinski definition) is 2. The Balaban J connectivity index is 2.20. The molecule has 2 N–H and O–H groups in total. The van der Waals surface area contributed by atoms with Gasteiger partial charge in [0.2, 0.25) is 0 Å². The third-order valence-electron chi connectivity index (χ3n) is 3.76. The number of nitrogens with zero attached hydrogens (tertiary/aromatic N) is 1. The van der Waals surface area contributed by atoms with Crippen molar-refractivity contribution < 1.29 is 4.79 Å². The summed E-state index contributed by atoms with van der Waals surface area (Å²) >= 11 is 0. The molecule has 0 bridgehead atoms. The zero-order valence-electron chi connectivity index (χ0n) is 10.7. The quantitative estimate of drug-likeness (QED) is 0.755. The zero-order chi connectivity index (χ0) is 12.6. The summed E-state index contributed by atoms with van der Waals surface area (Å²) in [5, 5.41) is 0. The van der Waals surface area contributed by atoms with E-state index in [0.29, 0.717) is 17.5 Å². The highest BCUT2D eigenvalue weighted by molar-refractivity contribution is 5.96. The first-order valence-electron chi connectivity index (χ1n) is 6.14. The van der Waals surface area contributed by atoms with Crippen molar-refractivity contribution >= 4 is 11.6 Å². The topological polar surface area (TPSA) is 46.3 Å². The molecule has 1 heterocycles. The minimum absolute atomic E-state index is 0.138. The standard InChI is InChI=1S/C14H20N2O/c1-9-6-12(15)4-5-13(9)14(17)16-7-10(2)11(3)8-16/h4-6,10-11H,7-8,15H2,1-3H3. The third kappa shape index (κ3) is 2.28. The van der Waals surface area contributed by atoms with Crippen LogP contribution in [0.4, 0.5) is 5.69 Å². The molecule has 1 fully saturated rings. The highest BCUT2D eigenvalue weighted by Gasteiger charge is 2.30. The molecule has 1 aromatic rings. The van der Waals surface area contributed by atoms with Gasteiger partial charge in [0.05, 0.1) is 0 Å².